The molecule has 14 nitrogen and oxygen atoms in total. The van der Waals surface area contributed by atoms with Crippen molar-refractivity contribution in [2.45, 2.75) is 26.1 Å². The first kappa shape index (κ1) is 45.1. The molecule has 6 aromatic rings. The van der Waals surface area contributed by atoms with E-state index in [-0.39, 0.29) is 27.9 Å². The molecular weight excluding hydrogens is 863 g/mol. The van der Waals surface area contributed by atoms with Crippen LogP contribution in [-0.4, -0.2) is 54.8 Å². The van der Waals surface area contributed by atoms with Crippen LogP contribution in [0.3, 0.4) is 0 Å². The molecule has 2 amide bonds. The van der Waals surface area contributed by atoms with Crippen LogP contribution >= 0.6 is 23.2 Å². The highest BCUT2D eigenvalue weighted by molar-refractivity contribution is 7.85. The summed E-state index contributed by atoms with van der Waals surface area (Å²) in [6, 6.07) is 17.9. The number of oxazole rings is 2. The summed E-state index contributed by atoms with van der Waals surface area (Å²) in [5.41, 5.74) is 11.9. The number of amides is 2. The van der Waals surface area contributed by atoms with Gasteiger partial charge in [-0.1, -0.05) is 59.7 Å². The molecule has 316 valence electrons. The summed E-state index contributed by atoms with van der Waals surface area (Å²) in [6.07, 6.45) is -1.88. The first-order valence-corrected chi connectivity index (χ1v) is 19.7. The topological polar surface area (TPSA) is 220 Å². The van der Waals surface area contributed by atoms with Crippen molar-refractivity contribution in [1.29, 1.82) is 0 Å². The molecule has 2 atom stereocenters. The minimum absolute atomic E-state index is 0.0432. The fraction of sp³-hybridized carbons (Fsp3) is 0.179. The summed E-state index contributed by atoms with van der Waals surface area (Å²) in [6.45, 7) is 2.50. The first-order chi connectivity index (χ1) is 28.3. The number of primary amides is 2. The minimum atomic E-state index is -3.93. The Morgan fingerprint density at radius 1 is 0.700 bits per heavy atom. The van der Waals surface area contributed by atoms with Crippen LogP contribution in [0.2, 0.25) is 10.4 Å². The molecule has 2 heterocycles. The second-order valence-corrected chi connectivity index (χ2v) is 15.0. The molecule has 60 heavy (non-hydrogen) atoms. The van der Waals surface area contributed by atoms with Crippen LogP contribution < -0.4 is 20.9 Å². The number of nitrogens with two attached hydrogens (primary N) is 2. The summed E-state index contributed by atoms with van der Waals surface area (Å²) in [7, 11) is -3.93. The predicted molar refractivity (Wildman–Crippen MR) is 208 cm³/mol. The molecule has 0 spiro atoms. The van der Waals surface area contributed by atoms with E-state index in [0.29, 0.717) is 16.8 Å². The lowest BCUT2D eigenvalue weighted by Crippen LogP contribution is -2.20. The highest BCUT2D eigenvalue weighted by atomic mass is 35.5. The maximum Gasteiger partial charge on any atom is 0.264 e. The van der Waals surface area contributed by atoms with E-state index in [9.17, 15) is 40.7 Å². The first-order valence-electron chi connectivity index (χ1n) is 17.1. The van der Waals surface area contributed by atoms with Gasteiger partial charge in [-0.2, -0.15) is 8.42 Å². The van der Waals surface area contributed by atoms with Gasteiger partial charge in [-0.25, -0.2) is 27.5 Å². The third kappa shape index (κ3) is 10.8. The number of benzene rings is 4. The van der Waals surface area contributed by atoms with Crippen molar-refractivity contribution < 1.29 is 63.2 Å². The molecule has 0 saturated heterocycles. The number of carbonyl (C=O) groups is 2. The second kappa shape index (κ2) is 18.9. The van der Waals surface area contributed by atoms with Crippen molar-refractivity contribution in [2.75, 3.05) is 19.5 Å². The van der Waals surface area contributed by atoms with Crippen molar-refractivity contribution in [3.8, 4) is 34.0 Å². The molecule has 0 bridgehead atoms. The zero-order valence-electron chi connectivity index (χ0n) is 31.3. The van der Waals surface area contributed by atoms with E-state index >= 15 is 0 Å². The van der Waals surface area contributed by atoms with Gasteiger partial charge in [0.1, 0.15) is 40.8 Å². The second-order valence-electron chi connectivity index (χ2n) is 12.7. The van der Waals surface area contributed by atoms with Gasteiger partial charge in [-0.3, -0.25) is 13.8 Å². The number of hydrogen-bond acceptors (Lipinski definition) is 12. The van der Waals surface area contributed by atoms with Gasteiger partial charge in [0.05, 0.1) is 12.9 Å². The van der Waals surface area contributed by atoms with Crippen LogP contribution in [0.15, 0.2) is 81.6 Å². The maximum atomic E-state index is 14.6. The maximum absolute atomic E-state index is 14.6. The van der Waals surface area contributed by atoms with Crippen LogP contribution in [0.5, 0.6) is 11.5 Å². The van der Waals surface area contributed by atoms with Gasteiger partial charge >= 0.3 is 0 Å². The molecule has 0 radical (unpaired) electrons. The highest BCUT2D eigenvalue weighted by Gasteiger charge is 2.29. The lowest BCUT2D eigenvalue weighted by Gasteiger charge is -2.17. The smallest absolute Gasteiger partial charge is 0.264 e. The van der Waals surface area contributed by atoms with E-state index < -0.39 is 93.2 Å². The molecule has 4 aromatic carbocycles. The molecule has 5 N–H and O–H groups in total. The van der Waals surface area contributed by atoms with E-state index in [2.05, 4.69) is 9.97 Å². The Hall–Kier alpha value is -5.99. The fourth-order valence-electron chi connectivity index (χ4n) is 5.20. The van der Waals surface area contributed by atoms with E-state index in [1.807, 2.05) is 38.1 Å². The number of rotatable bonds is 14. The molecule has 21 heteroatoms. The Morgan fingerprint density at radius 3 is 1.45 bits per heavy atom. The molecular formula is C39H32Cl2F4N4O10S. The largest absolute Gasteiger partial charge is 0.475 e. The van der Waals surface area contributed by atoms with Crippen molar-refractivity contribution in [1.82, 2.24) is 9.97 Å². The van der Waals surface area contributed by atoms with Crippen LogP contribution in [0.25, 0.3) is 22.5 Å². The molecule has 0 aliphatic heterocycles. The molecule has 2 unspecified atom stereocenters. The third-order valence-electron chi connectivity index (χ3n) is 8.15. The Labute approximate surface area is 348 Å². The predicted octanol–water partition coefficient (Wildman–Crippen LogP) is 7.57. The molecule has 0 fully saturated rings. The highest BCUT2D eigenvalue weighted by Crippen LogP contribution is 2.35. The molecule has 2 aromatic heterocycles. The number of hydrogen-bond donors (Lipinski definition) is 3. The number of nitrogens with zero attached hydrogens (tertiary/aromatic N) is 2. The van der Waals surface area contributed by atoms with Gasteiger partial charge in [0, 0.05) is 11.1 Å². The molecule has 0 aliphatic rings. The lowest BCUT2D eigenvalue weighted by molar-refractivity contribution is 0.0888. The van der Waals surface area contributed by atoms with Gasteiger partial charge in [0.2, 0.25) is 22.2 Å². The van der Waals surface area contributed by atoms with Crippen LogP contribution in [0.1, 0.15) is 55.8 Å². The van der Waals surface area contributed by atoms with E-state index in [1.54, 1.807) is 24.3 Å². The number of aliphatic hydroxyl groups is 1. The van der Waals surface area contributed by atoms with Gasteiger partial charge in [0.15, 0.2) is 35.3 Å². The van der Waals surface area contributed by atoms with Gasteiger partial charge in [0.25, 0.3) is 21.9 Å². The number of aryl methyl sites for hydroxylation is 2. The van der Waals surface area contributed by atoms with Crippen molar-refractivity contribution in [2.24, 2.45) is 11.5 Å². The van der Waals surface area contributed by atoms with Crippen molar-refractivity contribution in [3.63, 3.8) is 0 Å². The fourth-order valence-corrected chi connectivity index (χ4v) is 6.03. The Kier molecular flexibility index (Phi) is 14.2. The monoisotopic (exact) mass is 894 g/mol. The third-order valence-corrected chi connectivity index (χ3v) is 9.22. The number of aliphatic hydroxyl groups excluding tert-OH is 1. The summed E-state index contributed by atoms with van der Waals surface area (Å²) < 4.78 is 106. The lowest BCUT2D eigenvalue weighted by atomic mass is 10.1. The number of aromatic nitrogens is 2. The number of carbonyl (C=O) groups excluding carboxylic acids is 2. The molecule has 0 saturated carbocycles. The average molecular weight is 896 g/mol. The zero-order chi connectivity index (χ0) is 44.1. The van der Waals surface area contributed by atoms with E-state index in [0.717, 1.165) is 41.6 Å². The zero-order valence-corrected chi connectivity index (χ0v) is 33.7. The van der Waals surface area contributed by atoms with Gasteiger partial charge < -0.3 is 34.9 Å². The Morgan fingerprint density at radius 2 is 1.08 bits per heavy atom. The van der Waals surface area contributed by atoms with Gasteiger partial charge in [-0.15, -0.1) is 0 Å². The van der Waals surface area contributed by atoms with E-state index in [4.69, 9.17) is 57.2 Å². The molecule has 6 rings (SSSR count). The SMILES string of the molecule is Cc1ccc(-c2nc(C(CO)Oc3ccc(F)c(C(N)=O)c3F)oc2Cl)cc1.Cc1ccc(-c2nc(C(COS(C)(=O)=O)Oc3ccc(F)c(C(N)=O)c3F)oc2Cl)cc1. The Balaban J connectivity index is 0.000000230. The molecule has 0 aliphatic carbocycles. The van der Waals surface area contributed by atoms with E-state index in [1.165, 1.54) is 0 Å². The van der Waals surface area contributed by atoms with Crippen LogP contribution in [0, 0.1) is 37.1 Å². The van der Waals surface area contributed by atoms with Crippen molar-refractivity contribution >= 4 is 45.1 Å². The van der Waals surface area contributed by atoms with Crippen molar-refractivity contribution in [3.05, 3.63) is 141 Å². The van der Waals surface area contributed by atoms with Gasteiger partial charge in [-0.05, 0) is 61.3 Å². The summed E-state index contributed by atoms with van der Waals surface area (Å²) in [5.74, 6) is -9.08. The Bertz CT molecular complexity index is 2640. The van der Waals surface area contributed by atoms with Crippen LogP contribution in [0.4, 0.5) is 17.6 Å². The number of halogens is 6. The normalized spacial score (nSPS) is 12.3. The summed E-state index contributed by atoms with van der Waals surface area (Å²) in [4.78, 5) is 31.0. The minimum Gasteiger partial charge on any atom is -0.475 e. The standard InChI is InChI=1S/C20H17ClF2N2O6S.C19H15ClF2N2O4/c1-10-3-5-11(6-4-10)17-18(21)31-20(25-17)14(9-29-32(2,27)28)30-13-8-7-12(22)15(16(13)23)19(24)26;1-9-2-4-10(5-3-9)16-17(20)28-19(24-16)13(8-25)27-12-7-6-11(21)14(15(12)22)18(23)26/h3-8,14H,9H2,1-2H3,(H2,24,26);2-7,13,25H,8H2,1H3,(H2,23,26). The average Bonchev–Trinajstić information content (AvgIpc) is 3.76. The summed E-state index contributed by atoms with van der Waals surface area (Å²) >= 11 is 12.2. The number of ether oxygens (including phenoxy) is 2. The quantitative estimate of drug-likeness (QED) is 0.0712. The summed E-state index contributed by atoms with van der Waals surface area (Å²) in [5, 5.41) is 9.44. The van der Waals surface area contributed by atoms with Crippen LogP contribution in [-0.2, 0) is 14.3 Å².